The van der Waals surface area contributed by atoms with Crippen molar-refractivity contribution in [1.29, 1.82) is 0 Å². The number of nitrogens with zero attached hydrogens (tertiary/aromatic N) is 1. The van der Waals surface area contributed by atoms with Gasteiger partial charge in [-0.3, -0.25) is 0 Å². The lowest BCUT2D eigenvalue weighted by Gasteiger charge is -2.26. The van der Waals surface area contributed by atoms with Crippen LogP contribution in [0.2, 0.25) is 0 Å². The molecule has 0 saturated carbocycles. The average molecular weight is 212 g/mol. The predicted molar refractivity (Wildman–Crippen MR) is 64.4 cm³/mol. The highest BCUT2D eigenvalue weighted by Crippen LogP contribution is 1.95. The Balaban J connectivity index is 0. The summed E-state index contributed by atoms with van der Waals surface area (Å²) in [5.74, 6) is -0.394. The fourth-order valence-corrected chi connectivity index (χ4v) is 0.857. The SMILES string of the molecule is C=CC(=O)OC.C=CC[N+](C)(C)CC=C. The summed E-state index contributed by atoms with van der Waals surface area (Å²) in [5, 5.41) is 0. The van der Waals surface area contributed by atoms with E-state index in [9.17, 15) is 4.79 Å². The Bertz CT molecular complexity index is 208. The number of rotatable bonds is 5. The van der Waals surface area contributed by atoms with E-state index in [1.807, 2.05) is 12.2 Å². The molecule has 0 aromatic rings. The third-order valence-electron chi connectivity index (χ3n) is 1.61. The normalized spacial score (nSPS) is 9.27. The number of carbonyl (C=O) groups is 1. The maximum Gasteiger partial charge on any atom is 0.329 e. The molecule has 0 N–H and O–H groups in total. The van der Waals surface area contributed by atoms with E-state index in [4.69, 9.17) is 0 Å². The van der Waals surface area contributed by atoms with Crippen LogP contribution in [0.5, 0.6) is 0 Å². The highest BCUT2D eigenvalue weighted by Gasteiger charge is 2.07. The van der Waals surface area contributed by atoms with E-state index >= 15 is 0 Å². The Kier molecular flexibility index (Phi) is 9.89. The first-order valence-electron chi connectivity index (χ1n) is 4.67. The summed E-state index contributed by atoms with van der Waals surface area (Å²) in [6.45, 7) is 12.5. The quantitative estimate of drug-likeness (QED) is 0.300. The second-order valence-corrected chi connectivity index (χ2v) is 3.61. The van der Waals surface area contributed by atoms with E-state index in [0.717, 1.165) is 23.6 Å². The third kappa shape index (κ3) is 12.6. The van der Waals surface area contributed by atoms with Crippen molar-refractivity contribution in [3.8, 4) is 0 Å². The molecule has 0 atom stereocenters. The second kappa shape index (κ2) is 9.21. The first-order valence-corrected chi connectivity index (χ1v) is 4.67. The molecule has 0 aliphatic heterocycles. The molecule has 0 aliphatic rings. The Morgan fingerprint density at radius 2 is 1.60 bits per heavy atom. The Morgan fingerprint density at radius 1 is 1.20 bits per heavy atom. The van der Waals surface area contributed by atoms with Crippen LogP contribution in [0, 0.1) is 0 Å². The summed E-state index contributed by atoms with van der Waals surface area (Å²) < 4.78 is 5.09. The smallest absolute Gasteiger partial charge is 0.329 e. The first kappa shape index (κ1) is 16.1. The van der Waals surface area contributed by atoms with Gasteiger partial charge in [0.2, 0.25) is 0 Å². The van der Waals surface area contributed by atoms with Gasteiger partial charge in [-0.1, -0.05) is 19.7 Å². The Morgan fingerprint density at radius 3 is 1.73 bits per heavy atom. The number of carbonyl (C=O) groups excluding carboxylic acids is 1. The molecule has 0 radical (unpaired) electrons. The third-order valence-corrected chi connectivity index (χ3v) is 1.61. The predicted octanol–water partition coefficient (Wildman–Crippen LogP) is 1.78. The van der Waals surface area contributed by atoms with Gasteiger partial charge in [-0.05, 0) is 12.2 Å². The topological polar surface area (TPSA) is 26.3 Å². The van der Waals surface area contributed by atoms with Gasteiger partial charge in [0.1, 0.15) is 0 Å². The van der Waals surface area contributed by atoms with Crippen LogP contribution in [-0.2, 0) is 9.53 Å². The van der Waals surface area contributed by atoms with E-state index in [1.165, 1.54) is 7.11 Å². The number of esters is 1. The van der Waals surface area contributed by atoms with Crippen LogP contribution in [0.3, 0.4) is 0 Å². The summed E-state index contributed by atoms with van der Waals surface area (Å²) in [6, 6.07) is 0. The second-order valence-electron chi connectivity index (χ2n) is 3.61. The molecule has 0 heterocycles. The van der Waals surface area contributed by atoms with E-state index in [-0.39, 0.29) is 0 Å². The summed E-state index contributed by atoms with van der Waals surface area (Å²) in [4.78, 5) is 9.84. The zero-order valence-electron chi connectivity index (χ0n) is 10.0. The van der Waals surface area contributed by atoms with Gasteiger partial charge in [-0.25, -0.2) is 4.79 Å². The minimum absolute atomic E-state index is 0.394. The maximum atomic E-state index is 9.84. The van der Waals surface area contributed by atoms with Gasteiger partial charge in [0.25, 0.3) is 0 Å². The van der Waals surface area contributed by atoms with Gasteiger partial charge < -0.3 is 9.22 Å². The van der Waals surface area contributed by atoms with Crippen molar-refractivity contribution in [3.63, 3.8) is 0 Å². The van der Waals surface area contributed by atoms with Crippen molar-refractivity contribution in [3.05, 3.63) is 38.0 Å². The van der Waals surface area contributed by atoms with Crippen molar-refractivity contribution in [1.82, 2.24) is 0 Å². The number of hydrogen-bond acceptors (Lipinski definition) is 2. The highest BCUT2D eigenvalue weighted by molar-refractivity contribution is 5.80. The lowest BCUT2D eigenvalue weighted by molar-refractivity contribution is -0.878. The van der Waals surface area contributed by atoms with Crippen LogP contribution < -0.4 is 0 Å². The largest absolute Gasteiger partial charge is 0.466 e. The van der Waals surface area contributed by atoms with Gasteiger partial charge in [0.05, 0.1) is 34.3 Å². The molecule has 3 heteroatoms. The van der Waals surface area contributed by atoms with Crippen molar-refractivity contribution < 1.29 is 14.0 Å². The molecule has 0 rings (SSSR count). The molecule has 86 valence electrons. The van der Waals surface area contributed by atoms with E-state index in [1.54, 1.807) is 0 Å². The molecule has 0 aromatic heterocycles. The molecule has 0 unspecified atom stereocenters. The first-order chi connectivity index (χ1) is 6.93. The molecule has 0 aliphatic carbocycles. The number of hydrogen-bond donors (Lipinski definition) is 0. The average Bonchev–Trinajstić information content (AvgIpc) is 2.17. The molecule has 0 aromatic carbocycles. The van der Waals surface area contributed by atoms with Crippen molar-refractivity contribution in [2.75, 3.05) is 34.3 Å². The van der Waals surface area contributed by atoms with Crippen LogP contribution in [0.4, 0.5) is 0 Å². The lowest BCUT2D eigenvalue weighted by atomic mass is 10.4. The van der Waals surface area contributed by atoms with Crippen molar-refractivity contribution >= 4 is 5.97 Å². The molecular weight excluding hydrogens is 190 g/mol. The monoisotopic (exact) mass is 212 g/mol. The Labute approximate surface area is 92.9 Å². The zero-order valence-corrected chi connectivity index (χ0v) is 10.0. The molecular formula is C12H22NO2+. The number of quaternary nitrogens is 1. The van der Waals surface area contributed by atoms with E-state index in [2.05, 4.69) is 38.6 Å². The van der Waals surface area contributed by atoms with Crippen LogP contribution in [0.15, 0.2) is 38.0 Å². The van der Waals surface area contributed by atoms with E-state index in [0.29, 0.717) is 0 Å². The zero-order chi connectivity index (χ0) is 12.3. The molecule has 3 nitrogen and oxygen atoms in total. The summed E-state index contributed by atoms with van der Waals surface area (Å²) >= 11 is 0. The molecule has 0 amide bonds. The van der Waals surface area contributed by atoms with Crippen LogP contribution in [0.25, 0.3) is 0 Å². The fourth-order valence-electron chi connectivity index (χ4n) is 0.857. The Hall–Kier alpha value is -1.35. The number of likely N-dealkylation sites (N-methyl/N-ethyl adjacent to an activating group) is 1. The lowest BCUT2D eigenvalue weighted by Crippen LogP contribution is -2.39. The summed E-state index contributed by atoms with van der Waals surface area (Å²) in [6.07, 6.45) is 4.98. The van der Waals surface area contributed by atoms with Gasteiger partial charge in [-0.2, -0.15) is 0 Å². The van der Waals surface area contributed by atoms with Gasteiger partial charge in [0, 0.05) is 6.08 Å². The minimum atomic E-state index is -0.394. The molecule has 15 heavy (non-hydrogen) atoms. The van der Waals surface area contributed by atoms with Gasteiger partial charge in [-0.15, -0.1) is 0 Å². The number of methoxy groups -OCH3 is 1. The van der Waals surface area contributed by atoms with Crippen LogP contribution in [-0.4, -0.2) is 44.7 Å². The van der Waals surface area contributed by atoms with E-state index < -0.39 is 5.97 Å². The molecule has 0 bridgehead atoms. The van der Waals surface area contributed by atoms with Crippen LogP contribution >= 0.6 is 0 Å². The fraction of sp³-hybridized carbons (Fsp3) is 0.417. The maximum absolute atomic E-state index is 9.84. The van der Waals surface area contributed by atoms with Crippen molar-refractivity contribution in [2.45, 2.75) is 0 Å². The summed E-state index contributed by atoms with van der Waals surface area (Å²) in [5.41, 5.74) is 0. The minimum Gasteiger partial charge on any atom is -0.466 e. The summed E-state index contributed by atoms with van der Waals surface area (Å²) in [7, 11) is 5.62. The highest BCUT2D eigenvalue weighted by atomic mass is 16.5. The standard InChI is InChI=1S/C8H16N.C4H6O2/c1-5-7-9(3,4)8-6-2;1-3-4(5)6-2/h5-6H,1-2,7-8H2,3-4H3;3H,1H2,2H3/q+1;. The molecule has 0 fully saturated rings. The number of ether oxygens (including phenoxy) is 1. The van der Waals surface area contributed by atoms with Crippen molar-refractivity contribution in [2.24, 2.45) is 0 Å². The molecule has 0 spiro atoms. The van der Waals surface area contributed by atoms with Gasteiger partial charge >= 0.3 is 5.97 Å². The van der Waals surface area contributed by atoms with Gasteiger partial charge in [0.15, 0.2) is 0 Å². The van der Waals surface area contributed by atoms with Crippen LogP contribution in [0.1, 0.15) is 0 Å². The molecule has 0 saturated heterocycles.